The highest BCUT2D eigenvalue weighted by molar-refractivity contribution is 5.90. The summed E-state index contributed by atoms with van der Waals surface area (Å²) in [6.07, 6.45) is 9.71. The Morgan fingerprint density at radius 2 is 1.76 bits per heavy atom. The molecule has 2 nitrogen and oxygen atoms in total. The number of ketones is 2. The molecule has 2 heteroatoms. The molecule has 0 aromatic rings. The van der Waals surface area contributed by atoms with Crippen LogP contribution in [0.3, 0.4) is 0 Å². The van der Waals surface area contributed by atoms with Crippen LogP contribution in [-0.4, -0.2) is 11.6 Å². The summed E-state index contributed by atoms with van der Waals surface area (Å²) in [5.74, 6) is 2.36. The van der Waals surface area contributed by atoms with Gasteiger partial charge in [-0.3, -0.25) is 9.59 Å². The minimum Gasteiger partial charge on any atom is -0.299 e. The number of Topliss-reactive ketones (excluding diaryl/α,β-unsaturated/α-hetero) is 2. The Morgan fingerprint density at radius 3 is 2.57 bits per heavy atom. The van der Waals surface area contributed by atoms with Gasteiger partial charge < -0.3 is 0 Å². The van der Waals surface area contributed by atoms with E-state index >= 15 is 0 Å². The Bertz CT molecular complexity index is 496. The Morgan fingerprint density at radius 1 is 0.952 bits per heavy atom. The summed E-state index contributed by atoms with van der Waals surface area (Å²) in [5, 5.41) is 0. The fraction of sp³-hybridized carbons (Fsp3) is 0.895. The van der Waals surface area contributed by atoms with Gasteiger partial charge in [-0.25, -0.2) is 0 Å². The quantitative estimate of drug-likeness (QED) is 0.670. The van der Waals surface area contributed by atoms with Gasteiger partial charge in [0.2, 0.25) is 0 Å². The first kappa shape index (κ1) is 14.0. The Hall–Kier alpha value is -0.660. The van der Waals surface area contributed by atoms with Crippen molar-refractivity contribution in [1.82, 2.24) is 0 Å². The first-order chi connectivity index (χ1) is 9.96. The summed E-state index contributed by atoms with van der Waals surface area (Å²) in [6, 6.07) is 0. The molecule has 4 saturated carbocycles. The van der Waals surface area contributed by atoms with E-state index in [4.69, 9.17) is 0 Å². The normalized spacial score (nSPS) is 53.0. The summed E-state index contributed by atoms with van der Waals surface area (Å²) in [6.45, 7) is 4.60. The van der Waals surface area contributed by atoms with Crippen molar-refractivity contribution >= 4 is 11.6 Å². The molecule has 0 heterocycles. The summed E-state index contributed by atoms with van der Waals surface area (Å²) < 4.78 is 0. The molecule has 0 radical (unpaired) electrons. The lowest BCUT2D eigenvalue weighted by molar-refractivity contribution is -0.162. The summed E-state index contributed by atoms with van der Waals surface area (Å²) in [5.41, 5.74) is 0.190. The average molecular weight is 288 g/mol. The summed E-state index contributed by atoms with van der Waals surface area (Å²) in [4.78, 5) is 25.8. The van der Waals surface area contributed by atoms with Gasteiger partial charge in [0, 0.05) is 24.7 Å². The molecular formula is C19H28O2. The Labute approximate surface area is 128 Å². The molecule has 0 amide bonds. The van der Waals surface area contributed by atoms with Crippen molar-refractivity contribution in [2.75, 3.05) is 0 Å². The lowest BCUT2D eigenvalue weighted by Gasteiger charge is -2.58. The van der Waals surface area contributed by atoms with Crippen molar-refractivity contribution < 1.29 is 9.59 Å². The maximum absolute atomic E-state index is 13.0. The Balaban J connectivity index is 1.76. The van der Waals surface area contributed by atoms with Crippen molar-refractivity contribution in [3.8, 4) is 0 Å². The molecule has 116 valence electrons. The van der Waals surface area contributed by atoms with Crippen LogP contribution in [0, 0.1) is 34.5 Å². The fourth-order valence-electron chi connectivity index (χ4n) is 6.94. The number of carbonyl (C=O) groups is 2. The maximum atomic E-state index is 13.0. The third kappa shape index (κ3) is 1.77. The number of hydrogen-bond acceptors (Lipinski definition) is 2. The first-order valence-electron chi connectivity index (χ1n) is 9.01. The van der Waals surface area contributed by atoms with Crippen LogP contribution in [0.5, 0.6) is 0 Å². The van der Waals surface area contributed by atoms with E-state index in [9.17, 15) is 9.59 Å². The highest BCUT2D eigenvalue weighted by Crippen LogP contribution is 2.64. The molecule has 0 spiro atoms. The van der Waals surface area contributed by atoms with Crippen LogP contribution in [-0.2, 0) is 9.59 Å². The molecule has 0 saturated heterocycles. The maximum Gasteiger partial charge on any atom is 0.137 e. The highest BCUT2D eigenvalue weighted by atomic mass is 16.1. The van der Waals surface area contributed by atoms with E-state index in [2.05, 4.69) is 13.8 Å². The standard InChI is InChI=1S/C19H28O2/c1-18-8-5-7-13(18)12-10-15(20)14-6-3-4-9-19(14,2)17(12)16(21)11-18/h12-14,17H,3-11H2,1-2H3. The Kier molecular flexibility index (Phi) is 2.94. The molecule has 0 aromatic carbocycles. The molecule has 4 fully saturated rings. The van der Waals surface area contributed by atoms with E-state index in [0.29, 0.717) is 29.8 Å². The minimum absolute atomic E-state index is 0.0146. The van der Waals surface area contributed by atoms with Gasteiger partial charge >= 0.3 is 0 Å². The molecule has 4 rings (SSSR count). The molecule has 4 aliphatic carbocycles. The second-order valence-electron chi connectivity index (χ2n) is 8.91. The number of fused-ring (bicyclic) bond motifs is 5. The molecule has 6 unspecified atom stereocenters. The van der Waals surface area contributed by atoms with Gasteiger partial charge in [-0.1, -0.05) is 33.1 Å². The first-order valence-corrected chi connectivity index (χ1v) is 9.01. The van der Waals surface area contributed by atoms with Gasteiger partial charge in [0.05, 0.1) is 0 Å². The zero-order valence-corrected chi connectivity index (χ0v) is 13.5. The van der Waals surface area contributed by atoms with Crippen LogP contribution in [0.2, 0.25) is 0 Å². The van der Waals surface area contributed by atoms with Gasteiger partial charge in [-0.2, -0.15) is 0 Å². The van der Waals surface area contributed by atoms with Gasteiger partial charge in [-0.15, -0.1) is 0 Å². The van der Waals surface area contributed by atoms with Gasteiger partial charge in [0.15, 0.2) is 0 Å². The molecular weight excluding hydrogens is 260 g/mol. The number of rotatable bonds is 0. The molecule has 4 aliphatic rings. The topological polar surface area (TPSA) is 34.1 Å². The smallest absolute Gasteiger partial charge is 0.137 e. The third-order valence-electron chi connectivity index (χ3n) is 7.82. The second-order valence-corrected chi connectivity index (χ2v) is 8.91. The molecule has 0 aromatic heterocycles. The van der Waals surface area contributed by atoms with Crippen molar-refractivity contribution in [2.24, 2.45) is 34.5 Å². The van der Waals surface area contributed by atoms with E-state index < -0.39 is 0 Å². The van der Waals surface area contributed by atoms with Crippen molar-refractivity contribution in [1.29, 1.82) is 0 Å². The lowest BCUT2D eigenvalue weighted by atomic mass is 9.45. The van der Waals surface area contributed by atoms with Crippen LogP contribution in [0.25, 0.3) is 0 Å². The van der Waals surface area contributed by atoms with Crippen LogP contribution < -0.4 is 0 Å². The predicted molar refractivity (Wildman–Crippen MR) is 81.7 cm³/mol. The van der Waals surface area contributed by atoms with E-state index in [-0.39, 0.29) is 22.7 Å². The third-order valence-corrected chi connectivity index (χ3v) is 7.82. The van der Waals surface area contributed by atoms with Gasteiger partial charge in [-0.05, 0) is 48.3 Å². The monoisotopic (exact) mass is 288 g/mol. The lowest BCUT2D eigenvalue weighted by Crippen LogP contribution is -2.58. The van der Waals surface area contributed by atoms with E-state index in [1.165, 1.54) is 32.1 Å². The van der Waals surface area contributed by atoms with Crippen molar-refractivity contribution in [2.45, 2.75) is 71.6 Å². The predicted octanol–water partition coefficient (Wildman–Crippen LogP) is 4.17. The van der Waals surface area contributed by atoms with E-state index in [1.807, 2.05) is 0 Å². The molecule has 0 bridgehead atoms. The molecule has 0 N–H and O–H groups in total. The van der Waals surface area contributed by atoms with E-state index in [1.54, 1.807) is 0 Å². The molecule has 6 atom stereocenters. The second kappa shape index (κ2) is 4.43. The molecule has 21 heavy (non-hydrogen) atoms. The van der Waals surface area contributed by atoms with Crippen LogP contribution in [0.1, 0.15) is 71.6 Å². The van der Waals surface area contributed by atoms with Crippen LogP contribution in [0.15, 0.2) is 0 Å². The highest BCUT2D eigenvalue weighted by Gasteiger charge is 2.62. The van der Waals surface area contributed by atoms with Crippen LogP contribution in [0.4, 0.5) is 0 Å². The zero-order chi connectivity index (χ0) is 14.8. The number of hydrogen-bond donors (Lipinski definition) is 0. The minimum atomic E-state index is -0.0146. The SMILES string of the molecule is CC12CCCC1C1CC(=O)C3CCCCC3(C)C1C(=O)C2. The van der Waals surface area contributed by atoms with E-state index in [0.717, 1.165) is 19.3 Å². The van der Waals surface area contributed by atoms with Gasteiger partial charge in [0.1, 0.15) is 11.6 Å². The largest absolute Gasteiger partial charge is 0.299 e. The summed E-state index contributed by atoms with van der Waals surface area (Å²) in [7, 11) is 0. The van der Waals surface area contributed by atoms with Crippen LogP contribution >= 0.6 is 0 Å². The average Bonchev–Trinajstić information content (AvgIpc) is 2.79. The summed E-state index contributed by atoms with van der Waals surface area (Å²) >= 11 is 0. The number of carbonyl (C=O) groups excluding carboxylic acids is 2. The van der Waals surface area contributed by atoms with Crippen molar-refractivity contribution in [3.05, 3.63) is 0 Å². The zero-order valence-electron chi connectivity index (χ0n) is 13.5. The fourth-order valence-corrected chi connectivity index (χ4v) is 6.94. The molecule has 0 aliphatic heterocycles. The van der Waals surface area contributed by atoms with Crippen molar-refractivity contribution in [3.63, 3.8) is 0 Å². The van der Waals surface area contributed by atoms with Gasteiger partial charge in [0.25, 0.3) is 0 Å².